The molecule has 0 radical (unpaired) electrons. The van der Waals surface area contributed by atoms with Crippen LogP contribution in [0, 0.1) is 6.92 Å². The fourth-order valence-electron chi connectivity index (χ4n) is 8.32. The molecule has 0 saturated heterocycles. The molecule has 0 bridgehead atoms. The summed E-state index contributed by atoms with van der Waals surface area (Å²) in [5, 5.41) is 26.6. The van der Waals surface area contributed by atoms with Crippen LogP contribution in [0.15, 0.2) is 50.8 Å². The van der Waals surface area contributed by atoms with E-state index in [9.17, 15) is 9.59 Å². The Morgan fingerprint density at radius 2 is 0.859 bits per heavy atom. The number of nitrogens with zero attached hydrogens (tertiary/aromatic N) is 17. The summed E-state index contributed by atoms with van der Waals surface area (Å²) in [6, 6.07) is 9.89. The number of hydrogen-bond acceptors (Lipinski definition) is 34. The summed E-state index contributed by atoms with van der Waals surface area (Å²) in [4.78, 5) is 101. The first kappa shape index (κ1) is 71.9. The standard InChI is InChI=1S/C57H81ClN26O4S4/c1-4-89-55-69-38(3)68-42(77-55)14-8-25-61-48-70-41(34-47(80-48)92-35-39-18-20-40(58)21-19-39)12-7-24-64-54-76-46(79-57(84-54)91-33-32-88-37-86)17-11-28-65-53-75-45(78-56(83-53)90-5-2)16-10-27-63-50-73-44(74-51(81-50)66-29-23-60)15-9-26-62-49-71-43(13-6-22-59)72-52(82-49)67-30-31-87-36-85/h18-21,34,36-37H,4-17,22-33,35,59-60H2,1-3H3,(H,61,70,80)(H,64,76,79,84)(H,65,75,78,83)(H2,62,67,71,72,82)(H2,63,66,73,74,81). The Bertz CT molecular complexity index is 3340. The third-order valence-corrected chi connectivity index (χ3v) is 16.0. The summed E-state index contributed by atoms with van der Waals surface area (Å²) < 4.78 is 9.72. The lowest BCUT2D eigenvalue weighted by Gasteiger charge is -2.12. The van der Waals surface area contributed by atoms with E-state index in [0.29, 0.717) is 216 Å². The van der Waals surface area contributed by atoms with Gasteiger partial charge in [-0.1, -0.05) is 72.9 Å². The maximum Gasteiger partial charge on any atom is 0.293 e. The van der Waals surface area contributed by atoms with E-state index in [2.05, 4.69) is 90.9 Å². The molecule has 0 amide bonds. The van der Waals surface area contributed by atoms with Gasteiger partial charge in [0.1, 0.15) is 53.2 Å². The molecule has 494 valence electrons. The summed E-state index contributed by atoms with van der Waals surface area (Å²) >= 11 is 12.4. The molecule has 0 aliphatic carbocycles. The first-order valence-corrected chi connectivity index (χ1v) is 34.9. The molecule has 0 aliphatic rings. The van der Waals surface area contributed by atoms with E-state index < -0.39 is 0 Å². The summed E-state index contributed by atoms with van der Waals surface area (Å²) in [6.07, 6.45) is 7.89. The molecule has 1 aromatic carbocycles. The highest BCUT2D eigenvalue weighted by Crippen LogP contribution is 2.25. The second-order valence-corrected chi connectivity index (χ2v) is 24.8. The SMILES string of the molecule is CCSc1nc(C)nc(CCCNc2nc(CCCNc3nc(CCCNc4nc(CCCNc5nc(CCCNc6nc(CCCN)nc(NCCOC=O)n6)nc(NCCN)n5)nc(SCC)n4)nc(SCCOC=O)n3)cc(SCc3ccc(Cl)cc3)n2)n1. The highest BCUT2D eigenvalue weighted by Gasteiger charge is 2.15. The summed E-state index contributed by atoms with van der Waals surface area (Å²) in [7, 11) is 0. The molecular weight excluding hydrogens is 1280 g/mol. The largest absolute Gasteiger partial charge is 0.467 e. The fourth-order valence-corrected chi connectivity index (χ4v) is 11.2. The Morgan fingerprint density at radius 1 is 0.435 bits per heavy atom. The van der Waals surface area contributed by atoms with E-state index in [1.54, 1.807) is 35.3 Å². The van der Waals surface area contributed by atoms with E-state index in [1.165, 1.54) is 11.8 Å². The van der Waals surface area contributed by atoms with Crippen LogP contribution in [-0.4, -0.2) is 187 Å². The Labute approximate surface area is 557 Å². The molecule has 0 spiro atoms. The van der Waals surface area contributed by atoms with Crippen LogP contribution in [0.25, 0.3) is 0 Å². The lowest BCUT2D eigenvalue weighted by Crippen LogP contribution is -2.18. The molecule has 35 heteroatoms. The van der Waals surface area contributed by atoms with Crippen LogP contribution >= 0.6 is 58.6 Å². The zero-order chi connectivity index (χ0) is 64.8. The Kier molecular flexibility index (Phi) is 32.7. The lowest BCUT2D eigenvalue weighted by molar-refractivity contribution is -0.129. The van der Waals surface area contributed by atoms with E-state index >= 15 is 0 Å². The van der Waals surface area contributed by atoms with Crippen LogP contribution in [0.4, 0.5) is 41.6 Å². The van der Waals surface area contributed by atoms with E-state index in [4.69, 9.17) is 77.4 Å². The van der Waals surface area contributed by atoms with Crippen LogP contribution in [0.3, 0.4) is 0 Å². The Morgan fingerprint density at radius 3 is 1.36 bits per heavy atom. The minimum absolute atomic E-state index is 0.178. The van der Waals surface area contributed by atoms with Gasteiger partial charge in [-0.05, 0) is 93.7 Å². The van der Waals surface area contributed by atoms with Crippen LogP contribution in [0.5, 0.6) is 0 Å². The number of benzene rings is 1. The zero-order valence-electron chi connectivity index (χ0n) is 52.0. The molecule has 11 N–H and O–H groups in total. The van der Waals surface area contributed by atoms with Crippen molar-refractivity contribution in [2.45, 2.75) is 124 Å². The summed E-state index contributed by atoms with van der Waals surface area (Å²) in [6.45, 7) is 11.9. The van der Waals surface area contributed by atoms with E-state index in [-0.39, 0.29) is 13.2 Å². The van der Waals surface area contributed by atoms with Gasteiger partial charge in [0, 0.05) is 100 Å². The molecule has 7 rings (SSSR count). The summed E-state index contributed by atoms with van der Waals surface area (Å²) in [5.41, 5.74) is 13.6. The predicted molar refractivity (Wildman–Crippen MR) is 362 cm³/mol. The highest BCUT2D eigenvalue weighted by atomic mass is 35.5. The second kappa shape index (κ2) is 41.9. The van der Waals surface area contributed by atoms with Crippen molar-refractivity contribution >= 4 is 113 Å². The molecule has 92 heavy (non-hydrogen) atoms. The number of nitrogens with one attached hydrogen (secondary N) is 7. The molecule has 0 aliphatic heterocycles. The van der Waals surface area contributed by atoms with Crippen molar-refractivity contribution in [2.24, 2.45) is 11.5 Å². The van der Waals surface area contributed by atoms with Gasteiger partial charge in [-0.25, -0.2) is 34.9 Å². The number of rotatable bonds is 48. The van der Waals surface area contributed by atoms with Crippen molar-refractivity contribution in [2.75, 3.05) is 127 Å². The van der Waals surface area contributed by atoms with Gasteiger partial charge in [-0.2, -0.15) is 49.8 Å². The Hall–Kier alpha value is -7.50. The zero-order valence-corrected chi connectivity index (χ0v) is 56.1. The second-order valence-electron chi connectivity index (χ2n) is 19.9. The normalized spacial score (nSPS) is 11.1. The van der Waals surface area contributed by atoms with E-state index in [1.807, 2.05) is 37.3 Å². The average molecular weight is 1360 g/mol. The maximum atomic E-state index is 10.9. The highest BCUT2D eigenvalue weighted by molar-refractivity contribution is 7.99. The van der Waals surface area contributed by atoms with Gasteiger partial charge in [0.05, 0.1) is 6.54 Å². The van der Waals surface area contributed by atoms with Gasteiger partial charge in [0.2, 0.25) is 41.6 Å². The van der Waals surface area contributed by atoms with Gasteiger partial charge >= 0.3 is 0 Å². The number of hydrogen-bond donors (Lipinski definition) is 9. The number of halogens is 1. The number of nitrogens with two attached hydrogens (primary N) is 2. The number of aryl methyl sites for hydroxylation is 7. The van der Waals surface area contributed by atoms with Gasteiger partial charge < -0.3 is 58.2 Å². The predicted octanol–water partition coefficient (Wildman–Crippen LogP) is 6.22. The molecule has 7 aromatic rings. The van der Waals surface area contributed by atoms with Crippen LogP contribution in [0.1, 0.15) is 98.6 Å². The van der Waals surface area contributed by atoms with Crippen molar-refractivity contribution in [1.82, 2.24) is 84.7 Å². The van der Waals surface area contributed by atoms with Crippen molar-refractivity contribution < 1.29 is 19.1 Å². The van der Waals surface area contributed by atoms with Crippen LogP contribution in [0.2, 0.25) is 5.02 Å². The van der Waals surface area contributed by atoms with Crippen LogP contribution in [-0.2, 0) is 63.3 Å². The maximum absolute atomic E-state index is 10.9. The molecule has 6 heterocycles. The van der Waals surface area contributed by atoms with Gasteiger partial charge in [0.15, 0.2) is 15.5 Å². The van der Waals surface area contributed by atoms with Crippen molar-refractivity contribution in [3.8, 4) is 0 Å². The molecule has 0 unspecified atom stereocenters. The fraction of sp³-hybridized carbons (Fsp3) is 0.526. The molecule has 0 fully saturated rings. The topological polar surface area (TPSA) is 408 Å². The number of thioether (sulfide) groups is 4. The minimum atomic E-state index is 0.178. The number of carbonyl (C=O) groups excluding carboxylic acids is 2. The van der Waals surface area contributed by atoms with Gasteiger partial charge in [0.25, 0.3) is 12.9 Å². The molecule has 0 saturated carbocycles. The number of anilines is 7. The molecular formula is C57H81ClN26O4S4. The summed E-state index contributed by atoms with van der Waals surface area (Å²) in [5.74, 6) is 10.0. The number of ether oxygens (including phenoxy) is 2. The minimum Gasteiger partial charge on any atom is -0.467 e. The lowest BCUT2D eigenvalue weighted by atomic mass is 10.2. The van der Waals surface area contributed by atoms with E-state index in [0.717, 1.165) is 69.6 Å². The third-order valence-electron chi connectivity index (χ3n) is 12.5. The van der Waals surface area contributed by atoms with Crippen LogP contribution < -0.4 is 48.7 Å². The monoisotopic (exact) mass is 1360 g/mol. The van der Waals surface area contributed by atoms with Gasteiger partial charge in [-0.15, -0.1) is 11.8 Å². The van der Waals surface area contributed by atoms with Gasteiger partial charge in [-0.3, -0.25) is 9.59 Å². The first-order chi connectivity index (χ1) is 45.1. The number of carbonyl (C=O) groups is 2. The third kappa shape index (κ3) is 27.8. The first-order valence-electron chi connectivity index (χ1n) is 30.6. The average Bonchev–Trinajstić information content (AvgIpc) is 2.20. The molecule has 0 atom stereocenters. The number of aromatic nitrogens is 17. The van der Waals surface area contributed by atoms with Crippen molar-refractivity contribution in [3.63, 3.8) is 0 Å². The Balaban J connectivity index is 0.904. The molecule has 6 aromatic heterocycles. The van der Waals surface area contributed by atoms with Crippen molar-refractivity contribution in [3.05, 3.63) is 81.6 Å². The quantitative estimate of drug-likeness (QED) is 0.00885. The van der Waals surface area contributed by atoms with Crippen molar-refractivity contribution in [1.29, 1.82) is 0 Å². The molecule has 30 nitrogen and oxygen atoms in total. The smallest absolute Gasteiger partial charge is 0.293 e.